The van der Waals surface area contributed by atoms with Crippen LogP contribution in [0, 0.1) is 0 Å². The van der Waals surface area contributed by atoms with Crippen LogP contribution in [0.1, 0.15) is 30.4 Å². The zero-order valence-corrected chi connectivity index (χ0v) is 10.5. The van der Waals surface area contributed by atoms with Crippen molar-refractivity contribution in [2.75, 3.05) is 6.26 Å². The lowest BCUT2D eigenvalue weighted by Gasteiger charge is -2.22. The Morgan fingerprint density at radius 3 is 2.18 bits per heavy atom. The van der Waals surface area contributed by atoms with Crippen LogP contribution in [-0.2, 0) is 5.92 Å². The summed E-state index contributed by atoms with van der Waals surface area (Å²) in [5, 5.41) is 0.0901. The van der Waals surface area contributed by atoms with Gasteiger partial charge in [-0.25, -0.2) is 0 Å². The molecule has 1 heterocycles. The molecule has 0 aromatic carbocycles. The average molecular weight is 267 g/mol. The molecule has 0 aliphatic carbocycles. The standard InChI is InChI=1S/C11H13F4NS/c1-7(17-3)8-4-5-9(16-6-8)11(14,15)10(2,12)13/h4-7H,1-3H3. The van der Waals surface area contributed by atoms with Gasteiger partial charge in [-0.3, -0.25) is 4.98 Å². The van der Waals surface area contributed by atoms with Crippen molar-refractivity contribution in [1.29, 1.82) is 0 Å². The Balaban J connectivity index is 3.03. The Morgan fingerprint density at radius 2 is 1.82 bits per heavy atom. The van der Waals surface area contributed by atoms with Crippen LogP contribution in [0.2, 0.25) is 0 Å². The molecule has 0 saturated heterocycles. The molecule has 1 aromatic rings. The van der Waals surface area contributed by atoms with Crippen LogP contribution in [0.3, 0.4) is 0 Å². The third kappa shape index (κ3) is 2.91. The van der Waals surface area contributed by atoms with E-state index in [1.165, 1.54) is 24.0 Å². The Labute approximate surface area is 102 Å². The molecule has 1 unspecified atom stereocenters. The van der Waals surface area contributed by atoms with Gasteiger partial charge >= 0.3 is 11.8 Å². The van der Waals surface area contributed by atoms with Crippen molar-refractivity contribution in [2.45, 2.75) is 30.9 Å². The van der Waals surface area contributed by atoms with Crippen LogP contribution in [0.25, 0.3) is 0 Å². The molecule has 1 nitrogen and oxygen atoms in total. The van der Waals surface area contributed by atoms with Gasteiger partial charge in [-0.1, -0.05) is 6.07 Å². The van der Waals surface area contributed by atoms with Gasteiger partial charge in [-0.15, -0.1) is 0 Å². The molecule has 1 rings (SSSR count). The van der Waals surface area contributed by atoms with E-state index < -0.39 is 17.5 Å². The first kappa shape index (κ1) is 14.3. The van der Waals surface area contributed by atoms with E-state index >= 15 is 0 Å². The molecule has 0 spiro atoms. The van der Waals surface area contributed by atoms with Gasteiger partial charge in [-0.2, -0.15) is 29.3 Å². The summed E-state index contributed by atoms with van der Waals surface area (Å²) in [6.45, 7) is 2.07. The minimum Gasteiger partial charge on any atom is -0.254 e. The first-order chi connectivity index (χ1) is 7.70. The van der Waals surface area contributed by atoms with Crippen molar-refractivity contribution >= 4 is 11.8 Å². The number of rotatable bonds is 4. The number of hydrogen-bond donors (Lipinski definition) is 0. The highest BCUT2D eigenvalue weighted by Gasteiger charge is 2.54. The fourth-order valence-electron chi connectivity index (χ4n) is 1.19. The zero-order chi connectivity index (χ0) is 13.3. The first-order valence-electron chi connectivity index (χ1n) is 4.95. The van der Waals surface area contributed by atoms with Crippen LogP contribution in [0.5, 0.6) is 0 Å². The number of thioether (sulfide) groups is 1. The smallest absolute Gasteiger partial charge is 0.254 e. The second-order valence-electron chi connectivity index (χ2n) is 3.82. The van der Waals surface area contributed by atoms with Crippen LogP contribution >= 0.6 is 11.8 Å². The number of nitrogens with zero attached hydrogens (tertiary/aromatic N) is 1. The molecule has 0 saturated carbocycles. The number of alkyl halides is 4. The summed E-state index contributed by atoms with van der Waals surface area (Å²) < 4.78 is 52.0. The van der Waals surface area contributed by atoms with Crippen LogP contribution in [-0.4, -0.2) is 17.2 Å². The van der Waals surface area contributed by atoms with E-state index in [4.69, 9.17) is 0 Å². The molecular weight excluding hydrogens is 254 g/mol. The SMILES string of the molecule is CSC(C)c1ccc(C(F)(F)C(C)(F)F)nc1. The highest BCUT2D eigenvalue weighted by atomic mass is 32.2. The third-order valence-corrected chi connectivity index (χ3v) is 3.46. The topological polar surface area (TPSA) is 12.9 Å². The van der Waals surface area contributed by atoms with Crippen LogP contribution < -0.4 is 0 Å². The van der Waals surface area contributed by atoms with Gasteiger partial charge in [0.25, 0.3) is 0 Å². The van der Waals surface area contributed by atoms with Crippen molar-refractivity contribution < 1.29 is 17.6 Å². The summed E-state index contributed by atoms with van der Waals surface area (Å²) in [5.74, 6) is -8.36. The van der Waals surface area contributed by atoms with E-state index in [1.807, 2.05) is 13.2 Å². The fourth-order valence-corrected chi connectivity index (χ4v) is 1.60. The molecular formula is C11H13F4NS. The van der Waals surface area contributed by atoms with E-state index in [0.29, 0.717) is 0 Å². The third-order valence-electron chi connectivity index (χ3n) is 2.48. The lowest BCUT2D eigenvalue weighted by Crippen LogP contribution is -2.35. The summed E-state index contributed by atoms with van der Waals surface area (Å²) in [6.07, 6.45) is 3.09. The van der Waals surface area contributed by atoms with Crippen molar-refractivity contribution in [3.8, 4) is 0 Å². The van der Waals surface area contributed by atoms with E-state index in [-0.39, 0.29) is 12.2 Å². The monoisotopic (exact) mass is 267 g/mol. The summed E-state index contributed by atoms with van der Waals surface area (Å²) in [6, 6.07) is 2.36. The van der Waals surface area contributed by atoms with Crippen molar-refractivity contribution in [1.82, 2.24) is 4.98 Å². The largest absolute Gasteiger partial charge is 0.351 e. The highest BCUT2D eigenvalue weighted by Crippen LogP contribution is 2.41. The Kier molecular flexibility index (Phi) is 4.06. The molecule has 0 aliphatic heterocycles. The van der Waals surface area contributed by atoms with Gasteiger partial charge in [-0.05, 0) is 24.8 Å². The maximum absolute atomic E-state index is 13.3. The molecule has 0 amide bonds. The maximum Gasteiger partial charge on any atom is 0.351 e. The molecule has 0 bridgehead atoms. The molecule has 0 radical (unpaired) electrons. The molecule has 17 heavy (non-hydrogen) atoms. The number of pyridine rings is 1. The zero-order valence-electron chi connectivity index (χ0n) is 9.68. The predicted molar refractivity (Wildman–Crippen MR) is 60.7 cm³/mol. The van der Waals surface area contributed by atoms with Gasteiger partial charge in [0.05, 0.1) is 0 Å². The van der Waals surface area contributed by atoms with Crippen molar-refractivity contribution in [3.05, 3.63) is 29.6 Å². The minimum atomic E-state index is -4.24. The van der Waals surface area contributed by atoms with Gasteiger partial charge in [0.1, 0.15) is 5.69 Å². The first-order valence-corrected chi connectivity index (χ1v) is 6.23. The molecule has 0 fully saturated rings. The maximum atomic E-state index is 13.3. The minimum absolute atomic E-state index is 0.0901. The predicted octanol–water partition coefficient (Wildman–Crippen LogP) is 4.25. The van der Waals surface area contributed by atoms with E-state index in [9.17, 15) is 17.6 Å². The molecule has 0 N–H and O–H groups in total. The van der Waals surface area contributed by atoms with E-state index in [0.717, 1.165) is 11.6 Å². The second-order valence-corrected chi connectivity index (χ2v) is 5.00. The van der Waals surface area contributed by atoms with Crippen LogP contribution in [0.15, 0.2) is 18.3 Å². The normalized spacial score (nSPS) is 14.8. The second kappa shape index (κ2) is 4.84. The quantitative estimate of drug-likeness (QED) is 0.756. The fraction of sp³-hybridized carbons (Fsp3) is 0.545. The Hall–Kier alpha value is -0.780. The molecule has 1 aromatic heterocycles. The lowest BCUT2D eigenvalue weighted by atomic mass is 10.1. The summed E-state index contributed by atoms with van der Waals surface area (Å²) >= 11 is 1.52. The molecule has 96 valence electrons. The van der Waals surface area contributed by atoms with Crippen molar-refractivity contribution in [2.24, 2.45) is 0 Å². The molecule has 1 atom stereocenters. The van der Waals surface area contributed by atoms with Crippen molar-refractivity contribution in [3.63, 3.8) is 0 Å². The Morgan fingerprint density at radius 1 is 1.24 bits per heavy atom. The van der Waals surface area contributed by atoms with Gasteiger partial charge in [0.2, 0.25) is 0 Å². The number of aromatic nitrogens is 1. The highest BCUT2D eigenvalue weighted by molar-refractivity contribution is 7.98. The summed E-state index contributed by atoms with van der Waals surface area (Å²) in [4.78, 5) is 3.44. The van der Waals surface area contributed by atoms with E-state index in [1.54, 1.807) is 0 Å². The van der Waals surface area contributed by atoms with Gasteiger partial charge in [0, 0.05) is 18.4 Å². The Bertz CT molecular complexity index is 372. The van der Waals surface area contributed by atoms with E-state index in [2.05, 4.69) is 4.98 Å². The van der Waals surface area contributed by atoms with Crippen LogP contribution in [0.4, 0.5) is 17.6 Å². The number of halogens is 4. The molecule has 0 aliphatic rings. The molecule has 6 heteroatoms. The average Bonchev–Trinajstić information content (AvgIpc) is 2.26. The summed E-state index contributed by atoms with van der Waals surface area (Å²) in [5.41, 5.74) is -0.168. The van der Waals surface area contributed by atoms with Gasteiger partial charge < -0.3 is 0 Å². The summed E-state index contributed by atoms with van der Waals surface area (Å²) in [7, 11) is 0. The lowest BCUT2D eigenvalue weighted by molar-refractivity contribution is -0.207. The number of hydrogen-bond acceptors (Lipinski definition) is 2. The van der Waals surface area contributed by atoms with Gasteiger partial charge in [0.15, 0.2) is 0 Å².